The standard InChI is InChI=1S/C22H20N4OS2/c1-16-14-29-22(25-16)26-21-20(27-13-17-6-3-2-4-7-17)10-19(12-24-21)28-15-18-8-5-9-23-11-18/h2-12,14H,13,15H2,1H3,(H,24,25,26). The van der Waals surface area contributed by atoms with Crippen LogP contribution in [0, 0.1) is 6.92 Å². The summed E-state index contributed by atoms with van der Waals surface area (Å²) in [5, 5.41) is 6.09. The van der Waals surface area contributed by atoms with Gasteiger partial charge < -0.3 is 10.1 Å². The molecule has 0 aliphatic carbocycles. The van der Waals surface area contributed by atoms with Crippen LogP contribution in [-0.4, -0.2) is 15.0 Å². The van der Waals surface area contributed by atoms with Crippen LogP contribution in [0.5, 0.6) is 5.75 Å². The number of aryl methyl sites for hydroxylation is 1. The topological polar surface area (TPSA) is 59.9 Å². The fourth-order valence-corrected chi connectivity index (χ4v) is 4.12. The van der Waals surface area contributed by atoms with Crippen molar-refractivity contribution in [3.8, 4) is 5.75 Å². The van der Waals surface area contributed by atoms with Gasteiger partial charge in [0.25, 0.3) is 0 Å². The number of anilines is 2. The molecule has 0 aliphatic rings. The molecule has 0 amide bonds. The molecule has 0 saturated heterocycles. The molecule has 0 unspecified atom stereocenters. The van der Waals surface area contributed by atoms with E-state index < -0.39 is 0 Å². The lowest BCUT2D eigenvalue weighted by Crippen LogP contribution is -2.01. The van der Waals surface area contributed by atoms with E-state index in [0.29, 0.717) is 18.2 Å². The van der Waals surface area contributed by atoms with Crippen molar-refractivity contribution in [3.63, 3.8) is 0 Å². The molecule has 1 aromatic carbocycles. The molecule has 0 saturated carbocycles. The third-order valence-electron chi connectivity index (χ3n) is 4.04. The summed E-state index contributed by atoms with van der Waals surface area (Å²) >= 11 is 3.25. The molecule has 0 bridgehead atoms. The average Bonchev–Trinajstić information content (AvgIpc) is 3.18. The summed E-state index contributed by atoms with van der Waals surface area (Å²) < 4.78 is 6.12. The van der Waals surface area contributed by atoms with Crippen molar-refractivity contribution in [1.82, 2.24) is 15.0 Å². The van der Waals surface area contributed by atoms with E-state index in [1.54, 1.807) is 29.3 Å². The van der Waals surface area contributed by atoms with Crippen molar-refractivity contribution < 1.29 is 4.74 Å². The van der Waals surface area contributed by atoms with Crippen LogP contribution in [0.4, 0.5) is 10.9 Å². The molecule has 7 heteroatoms. The Morgan fingerprint density at radius 1 is 1.07 bits per heavy atom. The summed E-state index contributed by atoms with van der Waals surface area (Å²) in [5.41, 5.74) is 3.26. The van der Waals surface area contributed by atoms with E-state index in [1.807, 2.05) is 67.2 Å². The third kappa shape index (κ3) is 5.56. The fraction of sp³-hybridized carbons (Fsp3) is 0.136. The molecule has 5 nitrogen and oxygen atoms in total. The van der Waals surface area contributed by atoms with E-state index in [0.717, 1.165) is 27.0 Å². The molecule has 146 valence electrons. The molecular formula is C22H20N4OS2. The highest BCUT2D eigenvalue weighted by Crippen LogP contribution is 2.33. The average molecular weight is 421 g/mol. The summed E-state index contributed by atoms with van der Waals surface area (Å²) in [6, 6.07) is 16.2. The van der Waals surface area contributed by atoms with Gasteiger partial charge >= 0.3 is 0 Å². The van der Waals surface area contributed by atoms with Crippen molar-refractivity contribution in [2.45, 2.75) is 24.2 Å². The number of aromatic nitrogens is 3. The van der Waals surface area contributed by atoms with E-state index >= 15 is 0 Å². The van der Waals surface area contributed by atoms with Crippen molar-refractivity contribution in [3.05, 3.63) is 89.3 Å². The highest BCUT2D eigenvalue weighted by atomic mass is 32.2. The molecule has 0 spiro atoms. The second-order valence-electron chi connectivity index (χ2n) is 6.36. The Morgan fingerprint density at radius 3 is 2.69 bits per heavy atom. The van der Waals surface area contributed by atoms with E-state index in [1.165, 1.54) is 5.56 Å². The van der Waals surface area contributed by atoms with Crippen LogP contribution in [0.25, 0.3) is 0 Å². The maximum absolute atomic E-state index is 6.12. The Balaban J connectivity index is 1.52. The van der Waals surface area contributed by atoms with Crippen LogP contribution in [0.15, 0.2) is 77.4 Å². The van der Waals surface area contributed by atoms with Crippen LogP contribution in [0.1, 0.15) is 16.8 Å². The molecule has 29 heavy (non-hydrogen) atoms. The van der Waals surface area contributed by atoms with Gasteiger partial charge in [-0.05, 0) is 30.2 Å². The van der Waals surface area contributed by atoms with Crippen molar-refractivity contribution >= 4 is 34.0 Å². The first-order valence-electron chi connectivity index (χ1n) is 9.14. The maximum Gasteiger partial charge on any atom is 0.188 e. The molecule has 4 rings (SSSR count). The number of nitrogens with zero attached hydrogens (tertiary/aromatic N) is 3. The number of hydrogen-bond donors (Lipinski definition) is 1. The maximum atomic E-state index is 6.12. The van der Waals surface area contributed by atoms with Crippen LogP contribution in [0.2, 0.25) is 0 Å². The normalized spacial score (nSPS) is 10.7. The largest absolute Gasteiger partial charge is 0.485 e. The molecule has 0 atom stereocenters. The van der Waals surface area contributed by atoms with E-state index in [2.05, 4.69) is 26.3 Å². The lowest BCUT2D eigenvalue weighted by Gasteiger charge is -2.13. The highest BCUT2D eigenvalue weighted by molar-refractivity contribution is 7.98. The van der Waals surface area contributed by atoms with E-state index in [-0.39, 0.29) is 0 Å². The van der Waals surface area contributed by atoms with Gasteiger partial charge in [-0.1, -0.05) is 36.4 Å². The number of rotatable bonds is 8. The van der Waals surface area contributed by atoms with Crippen LogP contribution >= 0.6 is 23.1 Å². The smallest absolute Gasteiger partial charge is 0.188 e. The second-order valence-corrected chi connectivity index (χ2v) is 8.27. The van der Waals surface area contributed by atoms with Crippen molar-refractivity contribution in [1.29, 1.82) is 0 Å². The molecule has 3 aromatic heterocycles. The Hall–Kier alpha value is -2.90. The molecule has 0 fully saturated rings. The van der Waals surface area contributed by atoms with Gasteiger partial charge in [0, 0.05) is 34.6 Å². The highest BCUT2D eigenvalue weighted by Gasteiger charge is 2.11. The number of benzene rings is 1. The van der Waals surface area contributed by atoms with Gasteiger partial charge in [-0.3, -0.25) is 4.98 Å². The molecule has 1 N–H and O–H groups in total. The molecule has 3 heterocycles. The van der Waals surface area contributed by atoms with Gasteiger partial charge in [0.2, 0.25) is 0 Å². The Bertz CT molecular complexity index is 1050. The SMILES string of the molecule is Cc1csc(Nc2ncc(SCc3cccnc3)cc2OCc2ccccc2)n1. The van der Waals surface area contributed by atoms with Gasteiger partial charge in [-0.25, -0.2) is 9.97 Å². The minimum atomic E-state index is 0.477. The van der Waals surface area contributed by atoms with E-state index in [9.17, 15) is 0 Å². The van der Waals surface area contributed by atoms with E-state index in [4.69, 9.17) is 4.74 Å². The summed E-state index contributed by atoms with van der Waals surface area (Å²) in [6.45, 7) is 2.45. The summed E-state index contributed by atoms with van der Waals surface area (Å²) in [7, 11) is 0. The van der Waals surface area contributed by atoms with Gasteiger partial charge in [-0.2, -0.15) is 0 Å². The first-order chi connectivity index (χ1) is 14.3. The number of ether oxygens (including phenoxy) is 1. The minimum Gasteiger partial charge on any atom is -0.485 e. The lowest BCUT2D eigenvalue weighted by molar-refractivity contribution is 0.306. The van der Waals surface area contributed by atoms with Gasteiger partial charge in [0.05, 0.1) is 5.69 Å². The zero-order valence-corrected chi connectivity index (χ0v) is 17.5. The first-order valence-corrected chi connectivity index (χ1v) is 11.0. The monoisotopic (exact) mass is 420 g/mol. The zero-order chi connectivity index (χ0) is 19.9. The number of pyridine rings is 2. The predicted octanol–water partition coefficient (Wildman–Crippen LogP) is 5.86. The van der Waals surface area contributed by atoms with Crippen molar-refractivity contribution in [2.75, 3.05) is 5.32 Å². The Labute approximate surface area is 178 Å². The predicted molar refractivity (Wildman–Crippen MR) is 119 cm³/mol. The number of nitrogens with one attached hydrogen (secondary N) is 1. The van der Waals surface area contributed by atoms with Crippen LogP contribution in [0.3, 0.4) is 0 Å². The Kier molecular flexibility index (Phi) is 6.38. The third-order valence-corrected chi connectivity index (χ3v) is 5.95. The van der Waals surface area contributed by atoms with Crippen molar-refractivity contribution in [2.24, 2.45) is 0 Å². The number of hydrogen-bond acceptors (Lipinski definition) is 7. The minimum absolute atomic E-state index is 0.477. The fourth-order valence-electron chi connectivity index (χ4n) is 2.61. The lowest BCUT2D eigenvalue weighted by atomic mass is 10.2. The van der Waals surface area contributed by atoms with Gasteiger partial charge in [-0.15, -0.1) is 23.1 Å². The molecular weight excluding hydrogens is 400 g/mol. The summed E-state index contributed by atoms with van der Waals surface area (Å²) in [6.07, 6.45) is 5.53. The zero-order valence-electron chi connectivity index (χ0n) is 15.9. The molecule has 4 aromatic rings. The number of thiazole rings is 1. The summed E-state index contributed by atoms with van der Waals surface area (Å²) in [4.78, 5) is 14.3. The second kappa shape index (κ2) is 9.54. The van der Waals surface area contributed by atoms with Gasteiger partial charge in [0.15, 0.2) is 16.7 Å². The molecule has 0 aliphatic heterocycles. The Morgan fingerprint density at radius 2 is 1.93 bits per heavy atom. The van der Waals surface area contributed by atoms with Gasteiger partial charge in [0.1, 0.15) is 6.61 Å². The summed E-state index contributed by atoms with van der Waals surface area (Å²) in [5.74, 6) is 2.20. The van der Waals surface area contributed by atoms with Crippen LogP contribution < -0.4 is 10.1 Å². The van der Waals surface area contributed by atoms with Crippen LogP contribution in [-0.2, 0) is 12.4 Å². The first kappa shape index (κ1) is 19.4. The quantitative estimate of drug-likeness (QED) is 0.361. The molecule has 0 radical (unpaired) electrons. The number of thioether (sulfide) groups is 1.